The second-order valence-electron chi connectivity index (χ2n) is 34.6. The third-order valence-corrected chi connectivity index (χ3v) is 24.1. The molecule has 730 valence electrons. The highest BCUT2D eigenvalue weighted by Gasteiger charge is 2.53. The van der Waals surface area contributed by atoms with E-state index < -0.39 is 83.9 Å². The van der Waals surface area contributed by atoms with Gasteiger partial charge in [0, 0.05) is 143 Å². The number of hydrogen-bond acceptors (Lipinski definition) is 31. The predicted octanol–water partition coefficient (Wildman–Crippen LogP) is 12.8. The zero-order valence-corrected chi connectivity index (χ0v) is 79.8. The Labute approximate surface area is 768 Å². The number of ketones is 5. The second kappa shape index (κ2) is 61.0. The summed E-state index contributed by atoms with van der Waals surface area (Å²) in [6, 6.07) is 4.49. The Bertz CT molecular complexity index is 4190. The molecule has 33 heteroatoms. The van der Waals surface area contributed by atoms with Crippen LogP contribution in [0.4, 0.5) is 11.8 Å². The van der Waals surface area contributed by atoms with Gasteiger partial charge < -0.3 is 97.3 Å². The van der Waals surface area contributed by atoms with Gasteiger partial charge in [-0.2, -0.15) is 10.1 Å². The van der Waals surface area contributed by atoms with Crippen LogP contribution in [0.5, 0.6) is 0 Å². The molecule has 8 rings (SSSR count). The number of Topliss-reactive ketones (excluding diaryl/α,β-unsaturated/α-hetero) is 5. The molecule has 1 amide bonds. The number of nitrogens with zero attached hydrogens (tertiary/aromatic N) is 6. The van der Waals surface area contributed by atoms with Crippen molar-refractivity contribution in [3.05, 3.63) is 72.1 Å². The number of esters is 2. The minimum atomic E-state index is -2.45. The van der Waals surface area contributed by atoms with E-state index in [0.717, 1.165) is 62.9 Å². The van der Waals surface area contributed by atoms with E-state index in [0.29, 0.717) is 221 Å². The Hall–Kier alpha value is -8.00. The fourth-order valence-electron chi connectivity index (χ4n) is 16.5. The van der Waals surface area contributed by atoms with Gasteiger partial charge in [0.15, 0.2) is 17.0 Å². The van der Waals surface area contributed by atoms with E-state index in [9.17, 15) is 48.6 Å². The number of methoxy groups -OCH3 is 5. The molecule has 15 atom stereocenters. The normalized spacial score (nSPS) is 25.9. The van der Waals surface area contributed by atoms with E-state index in [1.807, 2.05) is 74.9 Å². The Kier molecular flexibility index (Phi) is 52.0. The van der Waals surface area contributed by atoms with Gasteiger partial charge in [-0.25, -0.2) is 19.4 Å². The van der Waals surface area contributed by atoms with Crippen LogP contribution in [0.3, 0.4) is 0 Å². The van der Waals surface area contributed by atoms with E-state index in [1.54, 1.807) is 61.4 Å². The summed E-state index contributed by atoms with van der Waals surface area (Å²) in [6.45, 7) is 25.5. The zero-order chi connectivity index (χ0) is 94.9. The molecule has 3 aliphatic heterocycles. The highest BCUT2D eigenvalue weighted by molar-refractivity contribution is 6.39. The fraction of sp³-hybridized carbons (Fsp3) is 0.711. The summed E-state index contributed by atoms with van der Waals surface area (Å²) in [4.78, 5) is 121. The van der Waals surface area contributed by atoms with Gasteiger partial charge in [0.1, 0.15) is 71.2 Å². The first-order valence-electron chi connectivity index (χ1n) is 46.9. The number of hydrogen-bond donors (Lipinski definition) is 4. The summed E-state index contributed by atoms with van der Waals surface area (Å²) in [5.41, 5.74) is 16.5. The van der Waals surface area contributed by atoms with Gasteiger partial charge in [0.2, 0.25) is 5.79 Å². The maximum absolute atomic E-state index is 14.5. The van der Waals surface area contributed by atoms with Crippen LogP contribution in [0.1, 0.15) is 216 Å². The third-order valence-electron chi connectivity index (χ3n) is 24.1. The molecule has 130 heavy (non-hydrogen) atoms. The van der Waals surface area contributed by atoms with Crippen LogP contribution < -0.4 is 11.5 Å². The number of rotatable bonds is 44. The third kappa shape index (κ3) is 37.5. The van der Waals surface area contributed by atoms with Crippen molar-refractivity contribution in [1.82, 2.24) is 29.6 Å². The van der Waals surface area contributed by atoms with E-state index >= 15 is 0 Å². The van der Waals surface area contributed by atoms with Crippen molar-refractivity contribution >= 4 is 80.7 Å². The lowest BCUT2D eigenvalue weighted by Gasteiger charge is -2.42. The number of nitrogen functional groups attached to an aromatic ring is 2. The molecule has 1 aromatic carbocycles. The van der Waals surface area contributed by atoms with Crippen LogP contribution in [-0.2, 0) is 111 Å². The minimum Gasteiger partial charge on any atom is -0.460 e. The number of aromatic nitrogens is 5. The standard InChI is InChI=1S/C56H87NO15.C25H33N7O5.C16H32O5/c1-34-18-13-12-14-19-35(2)46(67-9)32-42-24-22-40(7)56(65,72-42)53(62)54(63)57-26-16-15-20-43(57)55(64)71-47(33-44(58)36(3)29-39(6)51(61)52(69-11)50(60)38(5)28-34)37(4)30-41-23-25-45(48(31-41)68-10)70-49(59)21-17-27-66-8;1-34-11-12-36-14-13-35-10-8-18(33)5-3-2-4-9-32-24-21(23(26)28-16-29-24)22(31-32)17-6-7-20-19(15-17)30-25(27)37-20;1-3-8-18-10-5-6-16(17)7-11-20-13-15-21-14-12-19-9-4-2/h12-14,18-19,29,34,36-38,40-43,45-48,51-52,61,65H,15-17,20-28,30-33H2,1-11H3;6-7,15-16H,2-5,8-14H2,1H3,(H2,27,30)(H2,26,28,29);3-15H2,1-2H3/b14-12+,18-13+,35-19+,39-29+;;/t34-,36-,37-,38-,40-,41+,42+,43+,45-,46+,47+,48-,51-,52+,56-;;/m1../s1. The quantitative estimate of drug-likeness (QED) is 0.0138. The highest BCUT2D eigenvalue weighted by atomic mass is 16.6. The topological polar surface area (TPSA) is 431 Å². The number of unbranched alkanes of at least 4 members (excludes halogenated alkanes) is 2. The maximum Gasteiger partial charge on any atom is 0.329 e. The zero-order valence-electron chi connectivity index (χ0n) is 79.8. The molecule has 6 N–H and O–H groups in total. The number of aliphatic hydroxyl groups excluding tert-OH is 1. The molecule has 2 bridgehead atoms. The summed E-state index contributed by atoms with van der Waals surface area (Å²) in [7, 11) is 7.74. The highest BCUT2D eigenvalue weighted by Crippen LogP contribution is 2.40. The molecule has 1 aliphatic carbocycles. The van der Waals surface area contributed by atoms with Crippen molar-refractivity contribution in [2.24, 2.45) is 35.5 Å². The Morgan fingerprint density at radius 3 is 1.98 bits per heavy atom. The Morgan fingerprint density at radius 2 is 1.32 bits per heavy atom. The number of oxazole rings is 1. The van der Waals surface area contributed by atoms with Crippen molar-refractivity contribution in [2.75, 3.05) is 146 Å². The lowest BCUT2D eigenvalue weighted by molar-refractivity contribution is -0.265. The molecule has 4 aromatic rings. The van der Waals surface area contributed by atoms with Crippen molar-refractivity contribution in [3.63, 3.8) is 0 Å². The fourth-order valence-corrected chi connectivity index (χ4v) is 16.5. The number of benzene rings is 1. The van der Waals surface area contributed by atoms with Gasteiger partial charge in [-0.1, -0.05) is 91.3 Å². The number of anilines is 2. The molecule has 4 aliphatic rings. The first-order chi connectivity index (χ1) is 62.6. The Morgan fingerprint density at radius 1 is 0.662 bits per heavy atom. The molecule has 0 radical (unpaired) electrons. The van der Waals surface area contributed by atoms with Crippen LogP contribution in [-0.4, -0.2) is 276 Å². The second-order valence-corrected chi connectivity index (χ2v) is 34.6. The first kappa shape index (κ1) is 111. The lowest BCUT2D eigenvalue weighted by atomic mass is 9.78. The van der Waals surface area contributed by atoms with E-state index in [-0.39, 0.29) is 84.8 Å². The summed E-state index contributed by atoms with van der Waals surface area (Å²) < 4.78 is 84.9. The number of ether oxygens (including phenoxy) is 14. The smallest absolute Gasteiger partial charge is 0.329 e. The number of aryl methyl sites for hydroxylation is 1. The minimum absolute atomic E-state index is 0.00669. The van der Waals surface area contributed by atoms with Crippen LogP contribution >= 0.6 is 0 Å². The van der Waals surface area contributed by atoms with Gasteiger partial charge in [-0.3, -0.25) is 33.6 Å². The van der Waals surface area contributed by atoms with Crippen LogP contribution in [0.2, 0.25) is 0 Å². The average Bonchev–Trinajstić information content (AvgIpc) is 1.46. The first-order valence-corrected chi connectivity index (χ1v) is 46.9. The lowest BCUT2D eigenvalue weighted by Crippen LogP contribution is -2.61. The monoisotopic (exact) mass is 1830 g/mol. The van der Waals surface area contributed by atoms with Gasteiger partial charge in [-0.05, 0) is 164 Å². The molecular weight excluding hydrogens is 1680 g/mol. The largest absolute Gasteiger partial charge is 0.460 e. The maximum atomic E-state index is 14.5. The molecule has 1 saturated carbocycles. The Balaban J connectivity index is 0.000000368. The van der Waals surface area contributed by atoms with Gasteiger partial charge >= 0.3 is 11.9 Å². The van der Waals surface area contributed by atoms with Crippen LogP contribution in [0.15, 0.2) is 76.5 Å². The summed E-state index contributed by atoms with van der Waals surface area (Å²) in [6.07, 6.45) is 20.6. The van der Waals surface area contributed by atoms with Crippen LogP contribution in [0, 0.1) is 35.5 Å². The SMILES string of the molecule is CCCOCCCC(=O)CCOCCOCCOCCC.COCCCC(=O)O[C@@H]1CC[C@@H](C[C@@H](C)[C@@H]2CC(=O)[C@H](C)/C=C(\C)[C@@H](O)[C@@H](OC)C(=O)[C@H](C)C[C@H](C)/C=C/C=C/C=C(\C)[C@@H](OC)C[C@@H]3CC[C@@H](C)[C@@](O)(O3)C(=O)C(=O)N3CCCC[C@H]3C(=O)O2)C[C@H]1OC.COCCOCCOCCC(=O)CCCCCn1nc(-c2ccc3oc(N)nc3c2)c2c(N)ncnc21. The molecule has 0 unspecified atom stereocenters. The van der Waals surface area contributed by atoms with Gasteiger partial charge in [-0.15, -0.1) is 0 Å². The van der Waals surface area contributed by atoms with Gasteiger partial charge in [0.25, 0.3) is 17.7 Å². The molecule has 0 spiro atoms. The number of carbonyl (C=O) groups excluding carboxylic acids is 8. The van der Waals surface area contributed by atoms with Crippen LogP contribution in [0.25, 0.3) is 33.4 Å². The van der Waals surface area contributed by atoms with E-state index in [1.165, 1.54) is 18.3 Å². The molecular formula is C97H152N8O25. The van der Waals surface area contributed by atoms with Gasteiger partial charge in [0.05, 0.1) is 89.8 Å². The summed E-state index contributed by atoms with van der Waals surface area (Å²) >= 11 is 0. The van der Waals surface area contributed by atoms with Crippen molar-refractivity contribution in [3.8, 4) is 11.3 Å². The molecule has 3 fully saturated rings. The molecule has 6 heterocycles. The van der Waals surface area contributed by atoms with E-state index in [4.69, 9.17) is 87.3 Å². The number of amides is 1. The number of nitrogens with two attached hydrogens (primary N) is 2. The summed E-state index contributed by atoms with van der Waals surface area (Å²) in [5.74, 6) is -7.74. The van der Waals surface area contributed by atoms with Crippen molar-refractivity contribution < 1.29 is 119 Å². The van der Waals surface area contributed by atoms with E-state index in [2.05, 4.69) is 28.8 Å². The molecule has 3 aromatic heterocycles. The number of cyclic esters (lactones) is 1. The molecule has 33 nitrogen and oxygen atoms in total. The molecule has 2 saturated heterocycles. The number of piperidine rings is 1. The van der Waals surface area contributed by atoms with Crippen molar-refractivity contribution in [1.29, 1.82) is 0 Å². The number of aliphatic hydroxyl groups is 2. The summed E-state index contributed by atoms with van der Waals surface area (Å²) in [5, 5.41) is 29.0. The number of fused-ring (bicyclic) bond motifs is 5. The van der Waals surface area contributed by atoms with Crippen molar-refractivity contribution in [2.45, 2.75) is 278 Å². The number of carbonyl (C=O) groups is 8. The number of allylic oxidation sites excluding steroid dienone is 6. The predicted molar refractivity (Wildman–Crippen MR) is 492 cm³/mol. The average molecular weight is 1830 g/mol.